The van der Waals surface area contributed by atoms with Crippen LogP contribution in [0.15, 0.2) is 5.38 Å². The third-order valence-electron chi connectivity index (χ3n) is 1.81. The van der Waals surface area contributed by atoms with Crippen LogP contribution in [0.5, 0.6) is 0 Å². The Labute approximate surface area is 94.3 Å². The molecule has 0 spiro atoms. The molecule has 0 bridgehead atoms. The molecule has 0 saturated carbocycles. The van der Waals surface area contributed by atoms with Crippen molar-refractivity contribution in [2.75, 3.05) is 20.6 Å². The second-order valence-corrected chi connectivity index (χ2v) is 6.32. The molecule has 7 heteroatoms. The topological polar surface area (TPSA) is 62.3 Å². The summed E-state index contributed by atoms with van der Waals surface area (Å²) in [6, 6.07) is 0. The quantitative estimate of drug-likeness (QED) is 0.821. The molecule has 0 aliphatic carbocycles. The Balaban J connectivity index is 2.40. The third-order valence-corrected chi connectivity index (χ3v) is 4.17. The fraction of sp³-hybridized carbons (Fsp3) is 0.625. The van der Waals surface area contributed by atoms with Gasteiger partial charge >= 0.3 is 0 Å². The van der Waals surface area contributed by atoms with Gasteiger partial charge in [0.2, 0.25) is 0 Å². The van der Waals surface area contributed by atoms with Gasteiger partial charge in [-0.05, 0) is 6.92 Å². The fourth-order valence-corrected chi connectivity index (χ4v) is 2.23. The predicted molar refractivity (Wildman–Crippen MR) is 61.2 cm³/mol. The highest BCUT2D eigenvalue weighted by atomic mass is 32.2. The van der Waals surface area contributed by atoms with Crippen LogP contribution < -0.4 is 4.72 Å². The summed E-state index contributed by atoms with van der Waals surface area (Å²) in [4.78, 5) is 4.25. The van der Waals surface area contributed by atoms with Crippen molar-refractivity contribution in [1.29, 1.82) is 0 Å². The zero-order chi connectivity index (χ0) is 11.5. The van der Waals surface area contributed by atoms with Gasteiger partial charge in [0.25, 0.3) is 10.2 Å². The molecule has 0 aliphatic rings. The predicted octanol–water partition coefficient (Wildman–Crippen LogP) is 0.390. The lowest BCUT2D eigenvalue weighted by atomic mass is 10.3. The molecule has 0 radical (unpaired) electrons. The molecule has 1 rings (SSSR count). The number of hydrogen-bond donors (Lipinski definition) is 1. The molecule has 1 aromatic rings. The van der Waals surface area contributed by atoms with Crippen LogP contribution in [-0.4, -0.2) is 38.3 Å². The average Bonchev–Trinajstić information content (AvgIpc) is 2.51. The lowest BCUT2D eigenvalue weighted by Crippen LogP contribution is -2.36. The van der Waals surface area contributed by atoms with Crippen molar-refractivity contribution in [2.45, 2.75) is 13.3 Å². The van der Waals surface area contributed by atoms with Crippen LogP contribution in [0.4, 0.5) is 0 Å². The van der Waals surface area contributed by atoms with Gasteiger partial charge in [0.05, 0.1) is 10.7 Å². The number of nitrogens with zero attached hydrogens (tertiary/aromatic N) is 2. The van der Waals surface area contributed by atoms with Gasteiger partial charge < -0.3 is 0 Å². The maximum absolute atomic E-state index is 11.3. The minimum absolute atomic E-state index is 0.379. The molecule has 1 N–H and O–H groups in total. The molecule has 15 heavy (non-hydrogen) atoms. The number of hydrogen-bond acceptors (Lipinski definition) is 4. The van der Waals surface area contributed by atoms with Gasteiger partial charge in [-0.15, -0.1) is 11.3 Å². The van der Waals surface area contributed by atoms with E-state index in [0.29, 0.717) is 13.0 Å². The number of rotatable bonds is 5. The fourth-order valence-electron chi connectivity index (χ4n) is 0.960. The van der Waals surface area contributed by atoms with Gasteiger partial charge in [0.1, 0.15) is 0 Å². The molecular formula is C8H15N3O2S2. The van der Waals surface area contributed by atoms with E-state index in [0.717, 1.165) is 15.0 Å². The monoisotopic (exact) mass is 249 g/mol. The van der Waals surface area contributed by atoms with Crippen molar-refractivity contribution in [2.24, 2.45) is 0 Å². The smallest absolute Gasteiger partial charge is 0.247 e. The summed E-state index contributed by atoms with van der Waals surface area (Å²) in [5, 5.41) is 2.94. The Hall–Kier alpha value is -0.500. The van der Waals surface area contributed by atoms with Crippen LogP contribution in [0.3, 0.4) is 0 Å². The Morgan fingerprint density at radius 1 is 1.53 bits per heavy atom. The molecule has 86 valence electrons. The highest BCUT2D eigenvalue weighted by Gasteiger charge is 2.11. The van der Waals surface area contributed by atoms with E-state index in [9.17, 15) is 8.42 Å². The van der Waals surface area contributed by atoms with Crippen molar-refractivity contribution in [1.82, 2.24) is 14.0 Å². The lowest BCUT2D eigenvalue weighted by Gasteiger charge is -2.11. The molecule has 1 aromatic heterocycles. The van der Waals surface area contributed by atoms with Crippen molar-refractivity contribution >= 4 is 21.5 Å². The van der Waals surface area contributed by atoms with Crippen molar-refractivity contribution in [3.8, 4) is 0 Å². The summed E-state index contributed by atoms with van der Waals surface area (Å²) in [6.07, 6.45) is 0.622. The van der Waals surface area contributed by atoms with E-state index in [1.165, 1.54) is 14.1 Å². The van der Waals surface area contributed by atoms with Crippen molar-refractivity contribution in [3.63, 3.8) is 0 Å². The van der Waals surface area contributed by atoms with Gasteiger partial charge in [-0.2, -0.15) is 12.7 Å². The first-order valence-corrected chi connectivity index (χ1v) is 6.82. The molecule has 0 atom stereocenters. The SMILES string of the molecule is Cc1nc(CCNS(=O)(=O)N(C)C)cs1. The Kier molecular flexibility index (Phi) is 4.21. The van der Waals surface area contributed by atoms with Crippen LogP contribution in [0, 0.1) is 6.92 Å². The average molecular weight is 249 g/mol. The van der Waals surface area contributed by atoms with E-state index >= 15 is 0 Å². The second-order valence-electron chi connectivity index (χ2n) is 3.29. The number of thiazole rings is 1. The number of aromatic nitrogens is 1. The molecule has 0 saturated heterocycles. The molecule has 0 aliphatic heterocycles. The summed E-state index contributed by atoms with van der Waals surface area (Å²) < 4.78 is 26.3. The zero-order valence-electron chi connectivity index (χ0n) is 9.02. The number of aryl methyl sites for hydroxylation is 1. The maximum atomic E-state index is 11.3. The number of nitrogens with one attached hydrogen (secondary N) is 1. The van der Waals surface area contributed by atoms with Crippen LogP contribution in [-0.2, 0) is 16.6 Å². The van der Waals surface area contributed by atoms with Crippen LogP contribution in [0.2, 0.25) is 0 Å². The molecule has 0 unspecified atom stereocenters. The molecular weight excluding hydrogens is 234 g/mol. The highest BCUT2D eigenvalue weighted by Crippen LogP contribution is 2.07. The van der Waals surface area contributed by atoms with E-state index in [1.54, 1.807) is 11.3 Å². The Morgan fingerprint density at radius 3 is 2.67 bits per heavy atom. The second kappa shape index (κ2) is 5.02. The highest BCUT2D eigenvalue weighted by molar-refractivity contribution is 7.87. The molecule has 0 fully saturated rings. The van der Waals surface area contributed by atoms with Crippen molar-refractivity contribution < 1.29 is 8.42 Å². The molecule has 5 nitrogen and oxygen atoms in total. The largest absolute Gasteiger partial charge is 0.278 e. The van der Waals surface area contributed by atoms with Gasteiger partial charge in [-0.1, -0.05) is 0 Å². The van der Waals surface area contributed by atoms with Gasteiger partial charge in [0.15, 0.2) is 0 Å². The summed E-state index contributed by atoms with van der Waals surface area (Å²) in [5.74, 6) is 0. The summed E-state index contributed by atoms with van der Waals surface area (Å²) in [5.41, 5.74) is 0.930. The van der Waals surface area contributed by atoms with Crippen LogP contribution >= 0.6 is 11.3 Å². The van der Waals surface area contributed by atoms with Crippen molar-refractivity contribution in [3.05, 3.63) is 16.1 Å². The minimum Gasteiger partial charge on any atom is -0.247 e. The Morgan fingerprint density at radius 2 is 2.20 bits per heavy atom. The molecule has 0 aromatic carbocycles. The standard InChI is InChI=1S/C8H15N3O2S2/c1-7-10-8(6-14-7)4-5-9-15(12,13)11(2)3/h6,9H,4-5H2,1-3H3. The lowest BCUT2D eigenvalue weighted by molar-refractivity contribution is 0.505. The summed E-state index contributed by atoms with van der Waals surface area (Å²) in [7, 11) is -0.312. The van der Waals surface area contributed by atoms with E-state index in [2.05, 4.69) is 9.71 Å². The van der Waals surface area contributed by atoms with Gasteiger partial charge in [-0.25, -0.2) is 9.71 Å². The summed E-state index contributed by atoms with van der Waals surface area (Å²) in [6.45, 7) is 2.31. The van der Waals surface area contributed by atoms with E-state index in [4.69, 9.17) is 0 Å². The van der Waals surface area contributed by atoms with Crippen LogP contribution in [0.1, 0.15) is 10.7 Å². The zero-order valence-corrected chi connectivity index (χ0v) is 10.7. The normalized spacial score (nSPS) is 12.3. The maximum Gasteiger partial charge on any atom is 0.278 e. The van der Waals surface area contributed by atoms with E-state index < -0.39 is 10.2 Å². The molecule has 1 heterocycles. The van der Waals surface area contributed by atoms with Crippen LogP contribution in [0.25, 0.3) is 0 Å². The van der Waals surface area contributed by atoms with Gasteiger partial charge in [-0.3, -0.25) is 0 Å². The van der Waals surface area contributed by atoms with E-state index in [1.807, 2.05) is 12.3 Å². The summed E-state index contributed by atoms with van der Waals surface area (Å²) >= 11 is 1.57. The third kappa shape index (κ3) is 3.86. The minimum atomic E-state index is -3.30. The van der Waals surface area contributed by atoms with Gasteiger partial charge in [0, 0.05) is 32.4 Å². The van der Waals surface area contributed by atoms with E-state index in [-0.39, 0.29) is 0 Å². The first kappa shape index (κ1) is 12.6. The molecule has 0 amide bonds. The first-order valence-electron chi connectivity index (χ1n) is 4.50. The first-order chi connectivity index (χ1) is 6.92. The Bertz CT molecular complexity index is 411.